The number of ether oxygens (including phenoxy) is 1. The average Bonchev–Trinajstić information content (AvgIpc) is 3.57. The number of hydrogen-bond donors (Lipinski definition) is 8. The molecule has 2 aromatic carbocycles. The number of likely N-dealkylation sites (N-methyl/N-ethyl adjacent to an activating group) is 1. The first-order chi connectivity index (χ1) is 29.6. The molecule has 0 aliphatic heterocycles. The van der Waals surface area contributed by atoms with E-state index in [9.17, 15) is 44.7 Å². The van der Waals surface area contributed by atoms with Crippen LogP contribution in [0.1, 0.15) is 129 Å². The van der Waals surface area contributed by atoms with Gasteiger partial charge in [-0.15, -0.1) is 0 Å². The van der Waals surface area contributed by atoms with Crippen LogP contribution >= 0.6 is 0 Å². The van der Waals surface area contributed by atoms with Crippen LogP contribution in [0.4, 0.5) is 16.2 Å². The molecule has 2 amide bonds. The zero-order chi connectivity index (χ0) is 45.8. The van der Waals surface area contributed by atoms with Gasteiger partial charge in [-0.05, 0) is 118 Å². The standard InChI is InChI=1S/C49H68N4O10/c1-22(2)9-8-10-23(3)28-14-15-29-26-12-11-24-21-25(17-19-47(24,4)30(26)18-20-48(28,29)5)63-46(61)52-31-16-13-27-32(39(31)54)40(55)34-33(37(27)50)41(56)36-38(53(6)7)42(57)35(45(51)60)44(59)49(36,62)43(34)58/h11,13,16,22-23,25-26,28-30,35-36,38,41,43,54-56,58,62H,8-10,12,14-15,17-21,50H2,1-7H3,(H2,51,60)(H,52,61)/t23-,25?,26?,28+,29?,30?,35?,36+,38-,41-,43?,47-,48+,49-/m0/s1. The Kier molecular flexibility index (Phi) is 11.5. The highest BCUT2D eigenvalue weighted by atomic mass is 16.6. The van der Waals surface area contributed by atoms with Gasteiger partial charge in [-0.3, -0.25) is 24.6 Å². The van der Waals surface area contributed by atoms with Gasteiger partial charge >= 0.3 is 6.09 Å². The van der Waals surface area contributed by atoms with Gasteiger partial charge in [0.05, 0.1) is 29.1 Å². The van der Waals surface area contributed by atoms with Crippen LogP contribution in [-0.2, 0) is 19.1 Å². The number of nitrogens with two attached hydrogens (primary N) is 2. The number of nitrogens with one attached hydrogen (secondary N) is 1. The van der Waals surface area contributed by atoms with Crippen molar-refractivity contribution in [2.75, 3.05) is 25.1 Å². The average molecular weight is 873 g/mol. The summed E-state index contributed by atoms with van der Waals surface area (Å²) in [4.78, 5) is 54.4. The highest BCUT2D eigenvalue weighted by molar-refractivity contribution is 6.24. The van der Waals surface area contributed by atoms with Crippen molar-refractivity contribution < 1.29 is 49.4 Å². The summed E-state index contributed by atoms with van der Waals surface area (Å²) in [7, 11) is 2.87. The number of carbonyl (C=O) groups is 4. The molecule has 63 heavy (non-hydrogen) atoms. The van der Waals surface area contributed by atoms with E-state index in [-0.39, 0.29) is 33.1 Å². The van der Waals surface area contributed by atoms with Gasteiger partial charge in [-0.25, -0.2) is 4.79 Å². The number of benzene rings is 2. The quantitative estimate of drug-likeness (QED) is 0.0449. The lowest BCUT2D eigenvalue weighted by atomic mass is 9.47. The fourth-order valence-electron chi connectivity index (χ4n) is 14.4. The summed E-state index contributed by atoms with van der Waals surface area (Å²) >= 11 is 0. The molecule has 2 aromatic rings. The number of amides is 2. The molecule has 4 fully saturated rings. The molecule has 8 rings (SSSR count). The molecular formula is C49H68N4O10. The zero-order valence-electron chi connectivity index (χ0n) is 37.8. The van der Waals surface area contributed by atoms with E-state index in [0.29, 0.717) is 30.1 Å². The summed E-state index contributed by atoms with van der Waals surface area (Å²) in [5.74, 6) is -4.84. The van der Waals surface area contributed by atoms with Crippen LogP contribution in [0.25, 0.3) is 10.8 Å². The number of allylic oxidation sites excluding steroid dienone is 1. The van der Waals surface area contributed by atoms with Crippen molar-refractivity contribution in [3.63, 3.8) is 0 Å². The summed E-state index contributed by atoms with van der Waals surface area (Å²) in [5, 5.41) is 61.2. The number of hydrogen-bond acceptors (Lipinski definition) is 12. The van der Waals surface area contributed by atoms with Crippen LogP contribution < -0.4 is 16.8 Å². The molecule has 0 spiro atoms. The monoisotopic (exact) mass is 872 g/mol. The van der Waals surface area contributed by atoms with E-state index in [0.717, 1.165) is 36.5 Å². The number of aliphatic hydroxyl groups excluding tert-OH is 2. The number of phenolic OH excluding ortho intramolecular Hbond substituents is 2. The molecule has 344 valence electrons. The fourth-order valence-corrected chi connectivity index (χ4v) is 14.4. The Morgan fingerprint density at radius 2 is 1.68 bits per heavy atom. The Hall–Kier alpha value is -4.24. The number of rotatable bonds is 9. The van der Waals surface area contributed by atoms with Crippen LogP contribution in [0.5, 0.6) is 11.5 Å². The zero-order valence-corrected chi connectivity index (χ0v) is 37.8. The number of Topliss-reactive ketones (excluding diaryl/α,β-unsaturated/α-hetero) is 2. The number of phenols is 2. The van der Waals surface area contributed by atoms with Crippen LogP contribution in [0.15, 0.2) is 23.8 Å². The number of aliphatic hydroxyl groups is 3. The SMILES string of the molecule is CC(C)CCC[C@H](C)[C@H]1CCC2C3CC=C4CC(OC(=O)Nc5ccc6c(N)c7c(c(O)c6c5O)C(O)[C@]5(O)C(=O)C(C(N)=O)C(=O)[C@@H](N(C)C)[C@@H]5[C@H]7O)CC[C@]4(C)C3CC[C@@]21C. The predicted octanol–water partition coefficient (Wildman–Crippen LogP) is 6.40. The predicted molar refractivity (Wildman–Crippen MR) is 237 cm³/mol. The second-order valence-electron chi connectivity index (χ2n) is 21.4. The molecule has 14 nitrogen and oxygen atoms in total. The third-order valence-electron chi connectivity index (χ3n) is 17.6. The molecule has 0 saturated heterocycles. The molecule has 14 heteroatoms. The minimum absolute atomic E-state index is 0.0191. The van der Waals surface area contributed by atoms with Gasteiger partial charge in [0.1, 0.15) is 18.0 Å². The first kappa shape index (κ1) is 45.3. The molecule has 14 atom stereocenters. The molecule has 0 heterocycles. The van der Waals surface area contributed by atoms with Gasteiger partial charge in [-0.2, -0.15) is 0 Å². The molecule has 0 radical (unpaired) electrons. The van der Waals surface area contributed by atoms with Crippen molar-refractivity contribution in [2.45, 2.75) is 135 Å². The van der Waals surface area contributed by atoms with Gasteiger partial charge in [0, 0.05) is 28.6 Å². The summed E-state index contributed by atoms with van der Waals surface area (Å²) in [6.45, 7) is 12.2. The number of aromatic hydroxyl groups is 2. The number of carbonyl (C=O) groups excluding carboxylic acids is 4. The highest BCUT2D eigenvalue weighted by Crippen LogP contribution is 2.68. The number of primary amides is 1. The van der Waals surface area contributed by atoms with E-state index in [1.54, 1.807) is 0 Å². The van der Waals surface area contributed by atoms with Crippen molar-refractivity contribution in [1.29, 1.82) is 0 Å². The Morgan fingerprint density at radius 1 is 0.968 bits per heavy atom. The maximum atomic E-state index is 13.7. The minimum atomic E-state index is -2.99. The molecule has 10 N–H and O–H groups in total. The van der Waals surface area contributed by atoms with Gasteiger partial charge in [0.15, 0.2) is 28.8 Å². The van der Waals surface area contributed by atoms with E-state index < -0.39 is 82.4 Å². The van der Waals surface area contributed by atoms with Crippen molar-refractivity contribution in [3.8, 4) is 11.5 Å². The van der Waals surface area contributed by atoms with Crippen molar-refractivity contribution >= 4 is 45.7 Å². The normalized spacial score (nSPS) is 37.7. The molecule has 0 bridgehead atoms. The van der Waals surface area contributed by atoms with E-state index >= 15 is 0 Å². The van der Waals surface area contributed by atoms with Crippen molar-refractivity contribution in [3.05, 3.63) is 34.9 Å². The maximum Gasteiger partial charge on any atom is 0.412 e. The van der Waals surface area contributed by atoms with Crippen LogP contribution in [0, 0.1) is 58.2 Å². The van der Waals surface area contributed by atoms with Gasteiger partial charge < -0.3 is 41.7 Å². The third-order valence-corrected chi connectivity index (χ3v) is 17.6. The Labute approximate surface area is 369 Å². The Morgan fingerprint density at radius 3 is 2.35 bits per heavy atom. The molecule has 0 aromatic heterocycles. The molecule has 6 aliphatic rings. The first-order valence-electron chi connectivity index (χ1n) is 23.2. The second kappa shape index (κ2) is 16.0. The summed E-state index contributed by atoms with van der Waals surface area (Å²) in [6, 6.07) is 1.28. The number of nitrogen functional groups attached to an aromatic ring is 1. The summed E-state index contributed by atoms with van der Waals surface area (Å²) in [6.07, 6.45) is 9.36. The third kappa shape index (κ3) is 6.78. The van der Waals surface area contributed by atoms with E-state index in [1.807, 2.05) is 0 Å². The van der Waals surface area contributed by atoms with E-state index in [4.69, 9.17) is 16.2 Å². The number of anilines is 2. The maximum absolute atomic E-state index is 13.7. The molecule has 6 unspecified atom stereocenters. The topological polar surface area (TPSA) is 246 Å². The highest BCUT2D eigenvalue weighted by Gasteiger charge is 2.69. The fraction of sp³-hybridized carbons (Fsp3) is 0.673. The van der Waals surface area contributed by atoms with Crippen LogP contribution in [0.2, 0.25) is 0 Å². The number of fused-ring (bicyclic) bond motifs is 8. The lowest BCUT2D eigenvalue weighted by Crippen LogP contribution is -2.71. The first-order valence-corrected chi connectivity index (χ1v) is 23.2. The number of ketones is 2. The van der Waals surface area contributed by atoms with Gasteiger partial charge in [0.25, 0.3) is 0 Å². The van der Waals surface area contributed by atoms with E-state index in [1.165, 1.54) is 81.6 Å². The number of nitrogens with zero attached hydrogens (tertiary/aromatic N) is 1. The van der Waals surface area contributed by atoms with Crippen molar-refractivity contribution in [1.82, 2.24) is 4.90 Å². The van der Waals surface area contributed by atoms with E-state index in [2.05, 4.69) is 46.0 Å². The molecule has 4 saturated carbocycles. The Bertz CT molecular complexity index is 2260. The largest absolute Gasteiger partial charge is 0.507 e. The van der Waals surface area contributed by atoms with Crippen LogP contribution in [0.3, 0.4) is 0 Å². The Balaban J connectivity index is 0.998. The second-order valence-corrected chi connectivity index (χ2v) is 21.4. The van der Waals surface area contributed by atoms with Gasteiger partial charge in [-0.1, -0.05) is 65.5 Å². The van der Waals surface area contributed by atoms with Crippen LogP contribution in [-0.4, -0.2) is 85.8 Å². The molecule has 6 aliphatic carbocycles. The smallest absolute Gasteiger partial charge is 0.412 e. The van der Waals surface area contributed by atoms with Gasteiger partial charge in [0.2, 0.25) is 5.91 Å². The summed E-state index contributed by atoms with van der Waals surface area (Å²) < 4.78 is 5.99. The van der Waals surface area contributed by atoms with Crippen molar-refractivity contribution in [2.24, 2.45) is 63.9 Å². The molecular weight excluding hydrogens is 805 g/mol. The minimum Gasteiger partial charge on any atom is -0.507 e. The lowest BCUT2D eigenvalue weighted by Gasteiger charge is -2.58. The summed E-state index contributed by atoms with van der Waals surface area (Å²) in [5.41, 5.74) is 9.57. The lowest BCUT2D eigenvalue weighted by molar-refractivity contribution is -0.202.